The largest absolute Gasteiger partial charge is 0.378 e. The molecule has 3 aromatic rings. The first kappa shape index (κ1) is 21.6. The summed E-state index contributed by atoms with van der Waals surface area (Å²) in [5.74, 6) is 0.834. The van der Waals surface area contributed by atoms with Crippen molar-refractivity contribution >= 4 is 34.5 Å². The zero-order chi connectivity index (χ0) is 21.8. The van der Waals surface area contributed by atoms with Gasteiger partial charge in [0.2, 0.25) is 0 Å². The number of thioether (sulfide) groups is 1. The third kappa shape index (κ3) is 4.99. The summed E-state index contributed by atoms with van der Waals surface area (Å²) in [7, 11) is 0. The smallest absolute Gasteiger partial charge is 0.251 e. The first-order chi connectivity index (χ1) is 15.0. The van der Waals surface area contributed by atoms with E-state index in [1.807, 2.05) is 42.1 Å². The number of amides is 1. The number of ether oxygens (including phenoxy) is 1. The Kier molecular flexibility index (Phi) is 6.72. The number of carbonyl (C=O) groups is 1. The number of aromatic nitrogens is 4. The molecule has 1 amide bonds. The second-order valence-corrected chi connectivity index (χ2v) is 9.32. The highest BCUT2D eigenvalue weighted by molar-refractivity contribution is 7.99. The summed E-state index contributed by atoms with van der Waals surface area (Å²) in [5.41, 5.74) is 2.45. The van der Waals surface area contributed by atoms with Gasteiger partial charge in [-0.1, -0.05) is 43.8 Å². The van der Waals surface area contributed by atoms with E-state index >= 15 is 0 Å². The van der Waals surface area contributed by atoms with Crippen LogP contribution in [0.4, 0.5) is 5.82 Å². The van der Waals surface area contributed by atoms with Crippen LogP contribution in [0.2, 0.25) is 0 Å². The lowest BCUT2D eigenvalue weighted by Gasteiger charge is -2.28. The number of carbonyl (C=O) groups excluding carboxylic acids is 1. The molecule has 1 N–H and O–H groups in total. The standard InChI is InChI=1S/C22H28N6O2S/c1-15(2)31-22-25-19(27-10-12-30-13-11-27)18-14-24-28(20(18)26-22)9-8-23-21(29)17-7-5-4-6-16(17)3/h4-7,14-15H,8-13H2,1-3H3,(H,23,29). The van der Waals surface area contributed by atoms with E-state index < -0.39 is 0 Å². The number of nitrogens with zero attached hydrogens (tertiary/aromatic N) is 5. The molecule has 0 spiro atoms. The minimum Gasteiger partial charge on any atom is -0.378 e. The number of benzene rings is 1. The molecule has 0 aliphatic carbocycles. The fourth-order valence-electron chi connectivity index (χ4n) is 3.56. The van der Waals surface area contributed by atoms with Gasteiger partial charge in [-0.25, -0.2) is 14.6 Å². The monoisotopic (exact) mass is 440 g/mol. The van der Waals surface area contributed by atoms with Gasteiger partial charge in [0, 0.05) is 30.4 Å². The van der Waals surface area contributed by atoms with Crippen LogP contribution < -0.4 is 10.2 Å². The van der Waals surface area contributed by atoms with E-state index in [1.54, 1.807) is 11.8 Å². The second kappa shape index (κ2) is 9.65. The molecule has 1 aliphatic heterocycles. The van der Waals surface area contributed by atoms with E-state index in [0.717, 1.165) is 40.7 Å². The molecule has 1 saturated heterocycles. The van der Waals surface area contributed by atoms with Crippen molar-refractivity contribution < 1.29 is 9.53 Å². The van der Waals surface area contributed by atoms with E-state index in [4.69, 9.17) is 14.7 Å². The van der Waals surface area contributed by atoms with Crippen LogP contribution >= 0.6 is 11.8 Å². The van der Waals surface area contributed by atoms with Crippen LogP contribution in [0.25, 0.3) is 11.0 Å². The van der Waals surface area contributed by atoms with E-state index in [2.05, 4.69) is 29.2 Å². The normalized spacial score (nSPS) is 14.4. The maximum Gasteiger partial charge on any atom is 0.251 e. The van der Waals surface area contributed by atoms with Gasteiger partial charge in [0.05, 0.1) is 31.3 Å². The van der Waals surface area contributed by atoms with E-state index in [9.17, 15) is 4.79 Å². The molecule has 1 aliphatic rings. The van der Waals surface area contributed by atoms with Crippen LogP contribution in [0, 0.1) is 6.92 Å². The number of hydrogen-bond donors (Lipinski definition) is 1. The molecule has 0 atom stereocenters. The topological polar surface area (TPSA) is 85.2 Å². The van der Waals surface area contributed by atoms with Crippen molar-refractivity contribution in [1.29, 1.82) is 0 Å². The van der Waals surface area contributed by atoms with Crippen LogP contribution in [-0.4, -0.2) is 63.8 Å². The first-order valence-corrected chi connectivity index (χ1v) is 11.5. The number of nitrogens with one attached hydrogen (secondary N) is 1. The zero-order valence-electron chi connectivity index (χ0n) is 18.2. The molecule has 1 fully saturated rings. The van der Waals surface area contributed by atoms with Crippen molar-refractivity contribution in [1.82, 2.24) is 25.1 Å². The lowest BCUT2D eigenvalue weighted by Crippen LogP contribution is -2.37. The number of rotatable bonds is 7. The average molecular weight is 441 g/mol. The quantitative estimate of drug-likeness (QED) is 0.447. The number of fused-ring (bicyclic) bond motifs is 1. The summed E-state index contributed by atoms with van der Waals surface area (Å²) in [5, 5.41) is 9.60. The van der Waals surface area contributed by atoms with Crippen molar-refractivity contribution in [3.8, 4) is 0 Å². The Morgan fingerprint density at radius 2 is 2.00 bits per heavy atom. The fourth-order valence-corrected chi connectivity index (χ4v) is 4.26. The fraction of sp³-hybridized carbons (Fsp3) is 0.455. The van der Waals surface area contributed by atoms with Crippen molar-refractivity contribution in [3.63, 3.8) is 0 Å². The van der Waals surface area contributed by atoms with Crippen LogP contribution in [0.1, 0.15) is 29.8 Å². The van der Waals surface area contributed by atoms with Crippen LogP contribution in [0.5, 0.6) is 0 Å². The van der Waals surface area contributed by atoms with Gasteiger partial charge in [-0.2, -0.15) is 5.10 Å². The Morgan fingerprint density at radius 3 is 2.74 bits per heavy atom. The third-order valence-electron chi connectivity index (χ3n) is 5.11. The van der Waals surface area contributed by atoms with Crippen LogP contribution in [0.3, 0.4) is 0 Å². The lowest BCUT2D eigenvalue weighted by atomic mass is 10.1. The summed E-state index contributed by atoms with van der Waals surface area (Å²) in [6.45, 7) is 10.2. The lowest BCUT2D eigenvalue weighted by molar-refractivity contribution is 0.0951. The number of aryl methyl sites for hydroxylation is 1. The molecule has 8 nitrogen and oxygen atoms in total. The number of morpholine rings is 1. The van der Waals surface area contributed by atoms with Gasteiger partial charge in [-0.3, -0.25) is 4.79 Å². The molecule has 0 radical (unpaired) electrons. The van der Waals surface area contributed by atoms with Gasteiger partial charge in [0.1, 0.15) is 5.82 Å². The van der Waals surface area contributed by atoms with Gasteiger partial charge < -0.3 is 15.0 Å². The molecule has 164 valence electrons. The molecule has 1 aromatic carbocycles. The minimum absolute atomic E-state index is 0.0748. The predicted molar refractivity (Wildman–Crippen MR) is 123 cm³/mol. The van der Waals surface area contributed by atoms with Gasteiger partial charge >= 0.3 is 0 Å². The van der Waals surface area contributed by atoms with Crippen molar-refractivity contribution in [3.05, 3.63) is 41.6 Å². The molecular formula is C22H28N6O2S. The third-order valence-corrected chi connectivity index (χ3v) is 5.97. The number of anilines is 1. The van der Waals surface area contributed by atoms with E-state index in [-0.39, 0.29) is 5.91 Å². The molecule has 9 heteroatoms. The van der Waals surface area contributed by atoms with Gasteiger partial charge in [0.15, 0.2) is 10.8 Å². The number of hydrogen-bond acceptors (Lipinski definition) is 7. The van der Waals surface area contributed by atoms with E-state index in [1.165, 1.54) is 0 Å². The highest BCUT2D eigenvalue weighted by Crippen LogP contribution is 2.29. The molecule has 3 heterocycles. The summed E-state index contributed by atoms with van der Waals surface area (Å²) in [6, 6.07) is 7.58. The highest BCUT2D eigenvalue weighted by Gasteiger charge is 2.20. The molecular weight excluding hydrogens is 412 g/mol. The average Bonchev–Trinajstić information content (AvgIpc) is 3.16. The molecule has 4 rings (SSSR count). The SMILES string of the molecule is Cc1ccccc1C(=O)NCCn1ncc2c(N3CCOCC3)nc(SC(C)C)nc21. The summed E-state index contributed by atoms with van der Waals surface area (Å²) in [4.78, 5) is 24.4. The van der Waals surface area contributed by atoms with Crippen LogP contribution in [-0.2, 0) is 11.3 Å². The summed E-state index contributed by atoms with van der Waals surface area (Å²) in [6.07, 6.45) is 1.83. The van der Waals surface area contributed by atoms with Gasteiger partial charge in [0.25, 0.3) is 5.91 Å². The summed E-state index contributed by atoms with van der Waals surface area (Å²) >= 11 is 1.64. The Bertz CT molecular complexity index is 1060. The van der Waals surface area contributed by atoms with Gasteiger partial charge in [-0.05, 0) is 18.6 Å². The van der Waals surface area contributed by atoms with Gasteiger partial charge in [-0.15, -0.1) is 0 Å². The van der Waals surface area contributed by atoms with E-state index in [0.29, 0.717) is 37.1 Å². The molecule has 0 unspecified atom stereocenters. The Balaban J connectivity index is 1.55. The Morgan fingerprint density at radius 1 is 1.23 bits per heavy atom. The molecule has 31 heavy (non-hydrogen) atoms. The highest BCUT2D eigenvalue weighted by atomic mass is 32.2. The predicted octanol–water partition coefficient (Wildman–Crippen LogP) is 2.90. The second-order valence-electron chi connectivity index (χ2n) is 7.77. The Hall–Kier alpha value is -2.65. The minimum atomic E-state index is -0.0748. The van der Waals surface area contributed by atoms with Crippen LogP contribution in [0.15, 0.2) is 35.6 Å². The Labute approximate surface area is 186 Å². The molecule has 0 saturated carbocycles. The van der Waals surface area contributed by atoms with Crippen molar-refractivity contribution in [2.24, 2.45) is 0 Å². The maximum absolute atomic E-state index is 12.5. The van der Waals surface area contributed by atoms with Crippen molar-refractivity contribution in [2.45, 2.75) is 37.7 Å². The first-order valence-electron chi connectivity index (χ1n) is 10.6. The molecule has 2 aromatic heterocycles. The maximum atomic E-state index is 12.5. The zero-order valence-corrected chi connectivity index (χ0v) is 19.0. The van der Waals surface area contributed by atoms with Crippen molar-refractivity contribution in [2.75, 3.05) is 37.7 Å². The summed E-state index contributed by atoms with van der Waals surface area (Å²) < 4.78 is 7.35. The molecule has 0 bridgehead atoms.